The molecule has 0 saturated heterocycles. The van der Waals surface area contributed by atoms with E-state index in [4.69, 9.17) is 9.47 Å². The second-order valence-corrected chi connectivity index (χ2v) is 7.01. The fourth-order valence-electron chi connectivity index (χ4n) is 3.63. The Balaban J connectivity index is 1.40. The van der Waals surface area contributed by atoms with E-state index in [0.29, 0.717) is 19.4 Å². The van der Waals surface area contributed by atoms with Crippen molar-refractivity contribution >= 4 is 5.91 Å². The first-order valence-electron chi connectivity index (χ1n) is 9.19. The molecule has 4 rings (SSSR count). The number of carbonyl (C=O) groups is 1. The van der Waals surface area contributed by atoms with E-state index in [2.05, 4.69) is 5.32 Å². The van der Waals surface area contributed by atoms with E-state index in [1.165, 1.54) is 18.2 Å². The molecule has 1 fully saturated rings. The van der Waals surface area contributed by atoms with Crippen LogP contribution < -0.4 is 14.8 Å². The maximum Gasteiger partial charge on any atom is 0.227 e. The van der Waals surface area contributed by atoms with Crippen molar-refractivity contribution in [1.82, 2.24) is 5.32 Å². The van der Waals surface area contributed by atoms with E-state index in [9.17, 15) is 13.6 Å². The Morgan fingerprint density at radius 3 is 2.78 bits per heavy atom. The monoisotopic (exact) mass is 373 g/mol. The van der Waals surface area contributed by atoms with Crippen molar-refractivity contribution in [1.29, 1.82) is 0 Å². The van der Waals surface area contributed by atoms with E-state index in [0.717, 1.165) is 17.1 Å². The Kier molecular flexibility index (Phi) is 4.72. The molecule has 2 aliphatic rings. The summed E-state index contributed by atoms with van der Waals surface area (Å²) in [6, 6.07) is 9.20. The highest BCUT2D eigenvalue weighted by Gasteiger charge is 2.43. The van der Waals surface area contributed by atoms with E-state index >= 15 is 0 Å². The molecule has 1 saturated carbocycles. The molecule has 0 aromatic heterocycles. The zero-order valence-corrected chi connectivity index (χ0v) is 15.0. The zero-order chi connectivity index (χ0) is 19.0. The first-order valence-corrected chi connectivity index (χ1v) is 9.19. The number of fused-ring (bicyclic) bond motifs is 1. The highest BCUT2D eigenvalue weighted by molar-refractivity contribution is 5.80. The zero-order valence-electron chi connectivity index (χ0n) is 15.0. The van der Waals surface area contributed by atoms with Crippen LogP contribution in [-0.2, 0) is 11.2 Å². The van der Waals surface area contributed by atoms with Gasteiger partial charge in [-0.1, -0.05) is 6.07 Å². The van der Waals surface area contributed by atoms with E-state index in [-0.39, 0.29) is 36.0 Å². The molecule has 1 amide bonds. The molecule has 1 aliphatic carbocycles. The first kappa shape index (κ1) is 17.8. The molecule has 0 bridgehead atoms. The number of halogens is 2. The van der Waals surface area contributed by atoms with Gasteiger partial charge < -0.3 is 14.8 Å². The summed E-state index contributed by atoms with van der Waals surface area (Å²) >= 11 is 0. The number of benzene rings is 2. The van der Waals surface area contributed by atoms with Crippen molar-refractivity contribution in [3.63, 3.8) is 0 Å². The van der Waals surface area contributed by atoms with Crippen molar-refractivity contribution in [3.8, 4) is 11.5 Å². The van der Waals surface area contributed by atoms with Crippen molar-refractivity contribution < 1.29 is 23.0 Å². The van der Waals surface area contributed by atoms with Gasteiger partial charge in [-0.2, -0.15) is 0 Å². The molecule has 2 aromatic carbocycles. The molecule has 3 unspecified atom stereocenters. The van der Waals surface area contributed by atoms with Gasteiger partial charge in [0.25, 0.3) is 0 Å². The first-order chi connectivity index (χ1) is 13.1. The molecule has 3 atom stereocenters. The fraction of sp³-hybridized carbons (Fsp3) is 0.381. The van der Waals surface area contributed by atoms with Gasteiger partial charge >= 0.3 is 0 Å². The molecule has 4 nitrogen and oxygen atoms in total. The summed E-state index contributed by atoms with van der Waals surface area (Å²) < 4.78 is 39.0. The third kappa shape index (κ3) is 3.61. The van der Waals surface area contributed by atoms with Gasteiger partial charge in [0.2, 0.25) is 5.91 Å². The van der Waals surface area contributed by atoms with Crippen LogP contribution in [0.2, 0.25) is 0 Å². The largest absolute Gasteiger partial charge is 0.494 e. The Morgan fingerprint density at radius 1 is 1.26 bits per heavy atom. The number of amides is 1. The summed E-state index contributed by atoms with van der Waals surface area (Å²) in [6.07, 6.45) is 1.09. The molecular weight excluding hydrogens is 352 g/mol. The Morgan fingerprint density at radius 2 is 2.04 bits per heavy atom. The lowest BCUT2D eigenvalue weighted by Gasteiger charge is -2.25. The van der Waals surface area contributed by atoms with Crippen molar-refractivity contribution in [2.75, 3.05) is 13.2 Å². The summed E-state index contributed by atoms with van der Waals surface area (Å²) in [6.45, 7) is 2.77. The molecule has 1 N–H and O–H groups in total. The van der Waals surface area contributed by atoms with Gasteiger partial charge in [-0.15, -0.1) is 0 Å². The molecule has 1 heterocycles. The van der Waals surface area contributed by atoms with Crippen LogP contribution >= 0.6 is 0 Å². The average Bonchev–Trinajstić information content (AvgIpc) is 3.39. The maximum absolute atomic E-state index is 13.9. The van der Waals surface area contributed by atoms with Gasteiger partial charge in [-0.25, -0.2) is 8.78 Å². The Labute approximate surface area is 156 Å². The molecular formula is C21H21F2NO3. The molecule has 27 heavy (non-hydrogen) atoms. The predicted molar refractivity (Wildman–Crippen MR) is 95.9 cm³/mol. The minimum atomic E-state index is -0.560. The van der Waals surface area contributed by atoms with Gasteiger partial charge in [-0.3, -0.25) is 4.79 Å². The Bertz CT molecular complexity index is 850. The SMILES string of the molecule is CCOc1ccc2c(c1)CC(C(=O)NC1CC1c1c(F)cccc1F)CO2. The summed E-state index contributed by atoms with van der Waals surface area (Å²) in [4.78, 5) is 12.6. The van der Waals surface area contributed by atoms with Crippen molar-refractivity contribution in [2.45, 2.75) is 31.7 Å². The van der Waals surface area contributed by atoms with E-state index < -0.39 is 11.6 Å². The van der Waals surface area contributed by atoms with Gasteiger partial charge in [0.05, 0.1) is 12.5 Å². The van der Waals surface area contributed by atoms with Crippen LogP contribution in [0.5, 0.6) is 11.5 Å². The number of hydrogen-bond acceptors (Lipinski definition) is 3. The van der Waals surface area contributed by atoms with Gasteiger partial charge in [-0.05, 0) is 55.7 Å². The van der Waals surface area contributed by atoms with Crippen LogP contribution in [0, 0.1) is 17.6 Å². The van der Waals surface area contributed by atoms with Crippen LogP contribution in [-0.4, -0.2) is 25.2 Å². The normalized spacial score (nSPS) is 23.1. The number of carbonyl (C=O) groups excluding carboxylic acids is 1. The Hall–Kier alpha value is -2.63. The number of ether oxygens (including phenoxy) is 2. The van der Waals surface area contributed by atoms with Crippen LogP contribution in [0.4, 0.5) is 8.78 Å². The van der Waals surface area contributed by atoms with Crippen LogP contribution in [0.15, 0.2) is 36.4 Å². The molecule has 1 aliphatic heterocycles. The maximum atomic E-state index is 13.9. The summed E-state index contributed by atoms with van der Waals surface area (Å²) in [5.41, 5.74) is 0.995. The predicted octanol–water partition coefficient (Wildman–Crippen LogP) is 3.59. The standard InChI is InChI=1S/C21H21F2NO3/c1-2-26-14-6-7-19-12(9-14)8-13(11-27-19)21(25)24-18-10-15(18)20-16(22)4-3-5-17(20)23/h3-7,9,13,15,18H,2,8,10-11H2,1H3,(H,24,25). The molecule has 142 valence electrons. The average molecular weight is 373 g/mol. The van der Waals surface area contributed by atoms with E-state index in [1.807, 2.05) is 25.1 Å². The highest BCUT2D eigenvalue weighted by atomic mass is 19.1. The lowest BCUT2D eigenvalue weighted by atomic mass is 9.95. The molecule has 0 radical (unpaired) electrons. The highest BCUT2D eigenvalue weighted by Crippen LogP contribution is 2.43. The molecule has 2 aromatic rings. The van der Waals surface area contributed by atoms with Gasteiger partial charge in [0, 0.05) is 17.5 Å². The quantitative estimate of drug-likeness (QED) is 0.871. The van der Waals surface area contributed by atoms with E-state index in [1.54, 1.807) is 0 Å². The van der Waals surface area contributed by atoms with Gasteiger partial charge in [0.1, 0.15) is 29.7 Å². The third-order valence-corrected chi connectivity index (χ3v) is 5.11. The minimum Gasteiger partial charge on any atom is -0.494 e. The van der Waals surface area contributed by atoms with Crippen LogP contribution in [0.25, 0.3) is 0 Å². The third-order valence-electron chi connectivity index (χ3n) is 5.11. The second-order valence-electron chi connectivity index (χ2n) is 7.01. The lowest BCUT2D eigenvalue weighted by molar-refractivity contribution is -0.126. The minimum absolute atomic E-state index is 0.0643. The van der Waals surface area contributed by atoms with Crippen LogP contribution in [0.3, 0.4) is 0 Å². The van der Waals surface area contributed by atoms with Crippen LogP contribution in [0.1, 0.15) is 30.4 Å². The second kappa shape index (κ2) is 7.18. The lowest BCUT2D eigenvalue weighted by Crippen LogP contribution is -2.38. The molecule has 0 spiro atoms. The number of nitrogens with one attached hydrogen (secondary N) is 1. The summed E-state index contributed by atoms with van der Waals surface area (Å²) in [5.74, 6) is -0.395. The van der Waals surface area contributed by atoms with Gasteiger partial charge in [0.15, 0.2) is 0 Å². The summed E-state index contributed by atoms with van der Waals surface area (Å²) in [5, 5.41) is 2.91. The number of hydrogen-bond donors (Lipinski definition) is 1. The van der Waals surface area contributed by atoms with Crippen molar-refractivity contribution in [2.24, 2.45) is 5.92 Å². The topological polar surface area (TPSA) is 47.6 Å². The fourth-order valence-corrected chi connectivity index (χ4v) is 3.63. The molecule has 6 heteroatoms. The summed E-state index contributed by atoms with van der Waals surface area (Å²) in [7, 11) is 0. The van der Waals surface area contributed by atoms with Crippen molar-refractivity contribution in [3.05, 3.63) is 59.2 Å². The smallest absolute Gasteiger partial charge is 0.227 e. The number of rotatable bonds is 5.